The van der Waals surface area contributed by atoms with Gasteiger partial charge in [0.15, 0.2) is 11.6 Å². The van der Waals surface area contributed by atoms with Crippen LogP contribution in [0.4, 0.5) is 8.78 Å². The summed E-state index contributed by atoms with van der Waals surface area (Å²) in [7, 11) is 0. The normalized spacial score (nSPS) is 20.4. The highest BCUT2D eigenvalue weighted by Crippen LogP contribution is 2.18. The van der Waals surface area contributed by atoms with Crippen LogP contribution >= 0.6 is 0 Å². The van der Waals surface area contributed by atoms with Gasteiger partial charge in [-0.2, -0.15) is 0 Å². The molecule has 1 aromatic carbocycles. The van der Waals surface area contributed by atoms with Crippen molar-refractivity contribution in [2.24, 2.45) is 0 Å². The lowest BCUT2D eigenvalue weighted by Gasteiger charge is -2.46. The van der Waals surface area contributed by atoms with Crippen LogP contribution in [-0.2, 0) is 11.2 Å². The standard InChI is InChI=1S/C15H19F2N3O/c16-13-3-1-2-11(15(13)17)8-14(21)20-9-12(10-20)19-6-4-18-5-7-19/h1-3,12,18H,4-10H2. The molecule has 0 unspecified atom stereocenters. The Hall–Kier alpha value is -1.53. The lowest BCUT2D eigenvalue weighted by molar-refractivity contribution is -0.138. The molecule has 0 aromatic heterocycles. The van der Waals surface area contributed by atoms with E-state index in [9.17, 15) is 13.6 Å². The Balaban J connectivity index is 1.52. The number of carbonyl (C=O) groups is 1. The smallest absolute Gasteiger partial charge is 0.227 e. The lowest BCUT2D eigenvalue weighted by atomic mass is 10.0. The van der Waals surface area contributed by atoms with E-state index < -0.39 is 11.6 Å². The van der Waals surface area contributed by atoms with Crippen LogP contribution in [0.25, 0.3) is 0 Å². The number of rotatable bonds is 3. The fourth-order valence-electron chi connectivity index (χ4n) is 2.90. The average Bonchev–Trinajstić information content (AvgIpc) is 2.43. The summed E-state index contributed by atoms with van der Waals surface area (Å²) in [5.41, 5.74) is 0.130. The fourth-order valence-corrected chi connectivity index (χ4v) is 2.90. The first-order valence-electron chi connectivity index (χ1n) is 7.30. The van der Waals surface area contributed by atoms with Crippen molar-refractivity contribution in [3.05, 3.63) is 35.4 Å². The van der Waals surface area contributed by atoms with Gasteiger partial charge in [0.2, 0.25) is 5.91 Å². The number of benzene rings is 1. The first kappa shape index (κ1) is 14.4. The first-order valence-corrected chi connectivity index (χ1v) is 7.30. The highest BCUT2D eigenvalue weighted by Gasteiger charge is 2.35. The number of piperazine rings is 1. The van der Waals surface area contributed by atoms with Crippen molar-refractivity contribution in [1.82, 2.24) is 15.1 Å². The van der Waals surface area contributed by atoms with Crippen LogP contribution in [0.5, 0.6) is 0 Å². The van der Waals surface area contributed by atoms with Crippen molar-refractivity contribution in [2.75, 3.05) is 39.3 Å². The van der Waals surface area contributed by atoms with Crippen molar-refractivity contribution >= 4 is 5.91 Å². The number of carbonyl (C=O) groups excluding carboxylic acids is 1. The minimum atomic E-state index is -0.912. The molecule has 0 atom stereocenters. The number of likely N-dealkylation sites (tertiary alicyclic amines) is 1. The molecule has 114 valence electrons. The molecule has 2 saturated heterocycles. The topological polar surface area (TPSA) is 35.6 Å². The third-order valence-electron chi connectivity index (χ3n) is 4.26. The van der Waals surface area contributed by atoms with Gasteiger partial charge >= 0.3 is 0 Å². The van der Waals surface area contributed by atoms with Gasteiger partial charge in [-0.15, -0.1) is 0 Å². The van der Waals surface area contributed by atoms with Crippen LogP contribution in [0.2, 0.25) is 0 Å². The fraction of sp³-hybridized carbons (Fsp3) is 0.533. The molecule has 0 aliphatic carbocycles. The van der Waals surface area contributed by atoms with Crippen molar-refractivity contribution in [1.29, 1.82) is 0 Å². The van der Waals surface area contributed by atoms with E-state index in [0.717, 1.165) is 32.2 Å². The molecule has 0 spiro atoms. The van der Waals surface area contributed by atoms with Gasteiger partial charge < -0.3 is 10.2 Å². The number of nitrogens with zero attached hydrogens (tertiary/aromatic N) is 2. The SMILES string of the molecule is O=C(Cc1cccc(F)c1F)N1CC(N2CCNCC2)C1. The molecule has 2 aliphatic heterocycles. The van der Waals surface area contributed by atoms with E-state index in [1.807, 2.05) is 0 Å². The van der Waals surface area contributed by atoms with Crippen molar-refractivity contribution < 1.29 is 13.6 Å². The quantitative estimate of drug-likeness (QED) is 0.888. The molecule has 0 radical (unpaired) electrons. The zero-order valence-electron chi connectivity index (χ0n) is 11.8. The Bertz CT molecular complexity index is 526. The number of nitrogens with one attached hydrogen (secondary N) is 1. The molecule has 2 aliphatic rings. The van der Waals surface area contributed by atoms with Crippen LogP contribution < -0.4 is 5.32 Å². The van der Waals surface area contributed by atoms with Crippen LogP contribution in [0.15, 0.2) is 18.2 Å². The molecule has 1 N–H and O–H groups in total. The van der Waals surface area contributed by atoms with E-state index in [-0.39, 0.29) is 17.9 Å². The van der Waals surface area contributed by atoms with Gasteiger partial charge in [0.25, 0.3) is 0 Å². The number of hydrogen-bond acceptors (Lipinski definition) is 3. The largest absolute Gasteiger partial charge is 0.339 e. The molecule has 0 saturated carbocycles. The molecule has 1 amide bonds. The predicted molar refractivity (Wildman–Crippen MR) is 74.9 cm³/mol. The van der Waals surface area contributed by atoms with Crippen molar-refractivity contribution in [3.8, 4) is 0 Å². The third kappa shape index (κ3) is 3.06. The molecule has 6 heteroatoms. The minimum absolute atomic E-state index is 0.0716. The van der Waals surface area contributed by atoms with Gasteiger partial charge in [-0.05, 0) is 6.07 Å². The number of halogens is 2. The van der Waals surface area contributed by atoms with E-state index in [4.69, 9.17) is 0 Å². The second-order valence-electron chi connectivity index (χ2n) is 5.63. The average molecular weight is 295 g/mol. The van der Waals surface area contributed by atoms with Gasteiger partial charge in [-0.3, -0.25) is 9.69 Å². The Labute approximate surface area is 122 Å². The van der Waals surface area contributed by atoms with Gasteiger partial charge in [-0.1, -0.05) is 12.1 Å². The van der Waals surface area contributed by atoms with Crippen molar-refractivity contribution in [3.63, 3.8) is 0 Å². The highest BCUT2D eigenvalue weighted by molar-refractivity contribution is 5.79. The summed E-state index contributed by atoms with van der Waals surface area (Å²) in [6.45, 7) is 5.36. The maximum atomic E-state index is 13.6. The van der Waals surface area contributed by atoms with Crippen LogP contribution in [0.1, 0.15) is 5.56 Å². The molecule has 1 aromatic rings. The lowest BCUT2D eigenvalue weighted by Crippen LogP contribution is -2.64. The summed E-state index contributed by atoms with van der Waals surface area (Å²) < 4.78 is 26.7. The van der Waals surface area contributed by atoms with Gasteiger partial charge in [0.1, 0.15) is 0 Å². The van der Waals surface area contributed by atoms with E-state index in [1.165, 1.54) is 12.1 Å². The van der Waals surface area contributed by atoms with E-state index in [0.29, 0.717) is 19.1 Å². The molecular weight excluding hydrogens is 276 g/mol. The number of amides is 1. The highest BCUT2D eigenvalue weighted by atomic mass is 19.2. The third-order valence-corrected chi connectivity index (χ3v) is 4.26. The molecular formula is C15H19F2N3O. The molecule has 3 rings (SSSR count). The predicted octanol–water partition coefficient (Wildman–Crippen LogP) is 0.623. The van der Waals surface area contributed by atoms with E-state index >= 15 is 0 Å². The minimum Gasteiger partial charge on any atom is -0.339 e. The summed E-state index contributed by atoms with van der Waals surface area (Å²) in [4.78, 5) is 16.2. The van der Waals surface area contributed by atoms with Gasteiger partial charge in [0, 0.05) is 50.9 Å². The Morgan fingerprint density at radius 2 is 1.95 bits per heavy atom. The summed E-state index contributed by atoms with van der Waals surface area (Å²) >= 11 is 0. The molecule has 0 bridgehead atoms. The summed E-state index contributed by atoms with van der Waals surface area (Å²) in [5.74, 6) is -1.95. The van der Waals surface area contributed by atoms with Gasteiger partial charge in [-0.25, -0.2) is 8.78 Å². The summed E-state index contributed by atoms with van der Waals surface area (Å²) in [6, 6.07) is 4.37. The second kappa shape index (κ2) is 6.07. The zero-order valence-corrected chi connectivity index (χ0v) is 11.8. The zero-order chi connectivity index (χ0) is 14.8. The molecule has 2 heterocycles. The molecule has 4 nitrogen and oxygen atoms in total. The maximum Gasteiger partial charge on any atom is 0.227 e. The second-order valence-corrected chi connectivity index (χ2v) is 5.63. The van der Waals surface area contributed by atoms with Crippen LogP contribution in [0.3, 0.4) is 0 Å². The van der Waals surface area contributed by atoms with Crippen LogP contribution in [-0.4, -0.2) is 61.0 Å². The van der Waals surface area contributed by atoms with Crippen molar-refractivity contribution in [2.45, 2.75) is 12.5 Å². The Kier molecular flexibility index (Phi) is 4.17. The summed E-state index contributed by atoms with van der Waals surface area (Å²) in [5, 5.41) is 3.30. The Morgan fingerprint density at radius 3 is 2.67 bits per heavy atom. The Morgan fingerprint density at radius 1 is 1.24 bits per heavy atom. The van der Waals surface area contributed by atoms with E-state index in [1.54, 1.807) is 4.90 Å². The maximum absolute atomic E-state index is 13.6. The summed E-state index contributed by atoms with van der Waals surface area (Å²) in [6.07, 6.45) is -0.0716. The first-order chi connectivity index (χ1) is 10.1. The monoisotopic (exact) mass is 295 g/mol. The van der Waals surface area contributed by atoms with E-state index in [2.05, 4.69) is 10.2 Å². The molecule has 2 fully saturated rings. The van der Waals surface area contributed by atoms with Crippen LogP contribution in [0, 0.1) is 11.6 Å². The van der Waals surface area contributed by atoms with Gasteiger partial charge in [0.05, 0.1) is 6.42 Å². The number of hydrogen-bond donors (Lipinski definition) is 1. The molecule has 21 heavy (non-hydrogen) atoms.